The molecule has 6 aromatic carbocycles. The predicted octanol–water partition coefficient (Wildman–Crippen LogP) is 10.0. The molecule has 4 nitrogen and oxygen atoms in total. The second-order valence-corrected chi connectivity index (χ2v) is 14.7. The van der Waals surface area contributed by atoms with Gasteiger partial charge in [0.1, 0.15) is 0 Å². The fourth-order valence-corrected chi connectivity index (χ4v) is 8.27. The number of aryl methyl sites for hydroxylation is 3. The first-order valence-electron chi connectivity index (χ1n) is 19.1. The Kier molecular flexibility index (Phi) is 10.5. The largest absolute Gasteiger partial charge is 0.385 e. The van der Waals surface area contributed by atoms with Crippen molar-refractivity contribution in [3.05, 3.63) is 187 Å². The van der Waals surface area contributed by atoms with Gasteiger partial charge in [-0.25, -0.2) is 0 Å². The smallest absolute Gasteiger partial charge is 0.233 e. The van der Waals surface area contributed by atoms with E-state index in [-0.39, 0.29) is 26.8 Å². The van der Waals surface area contributed by atoms with Crippen molar-refractivity contribution in [3.8, 4) is 44.8 Å². The summed E-state index contributed by atoms with van der Waals surface area (Å²) in [5.41, 5.74) is 21.5. The van der Waals surface area contributed by atoms with Crippen LogP contribution in [0.2, 0.25) is 0 Å². The minimum absolute atomic E-state index is 0. The van der Waals surface area contributed by atoms with Gasteiger partial charge in [-0.1, -0.05) is 115 Å². The number of anilines is 4. The minimum atomic E-state index is 0. The van der Waals surface area contributed by atoms with Crippen LogP contribution in [-0.4, -0.2) is 30.8 Å². The summed E-state index contributed by atoms with van der Waals surface area (Å²) in [4.78, 5) is 14.0. The van der Waals surface area contributed by atoms with Gasteiger partial charge < -0.3 is 19.8 Å². The van der Waals surface area contributed by atoms with Crippen LogP contribution in [0.25, 0.3) is 44.8 Å². The van der Waals surface area contributed by atoms with Crippen LogP contribution in [0, 0.1) is 32.9 Å². The van der Waals surface area contributed by atoms with Crippen LogP contribution in [0.4, 0.5) is 22.7 Å². The van der Waals surface area contributed by atoms with Gasteiger partial charge >= 0.3 is 0 Å². The maximum Gasteiger partial charge on any atom is 0.233 e. The first-order valence-corrected chi connectivity index (χ1v) is 19.1. The summed E-state index contributed by atoms with van der Waals surface area (Å²) < 4.78 is 0. The average molecular weight is 913 g/mol. The van der Waals surface area contributed by atoms with Crippen LogP contribution in [-0.2, 0) is 20.1 Å². The van der Waals surface area contributed by atoms with Crippen LogP contribution in [0.15, 0.2) is 158 Å². The van der Waals surface area contributed by atoms with E-state index in [4.69, 9.17) is 4.98 Å². The molecule has 0 aliphatic carbocycles. The number of benzene rings is 6. The Morgan fingerprint density at radius 2 is 1.23 bits per heavy atom. The van der Waals surface area contributed by atoms with Crippen molar-refractivity contribution in [2.45, 2.75) is 20.8 Å². The Balaban J connectivity index is 0.000000178. The summed E-state index contributed by atoms with van der Waals surface area (Å²) in [5.74, 6) is 0. The van der Waals surface area contributed by atoms with Gasteiger partial charge in [-0.15, -0.1) is 58.6 Å². The molecule has 279 valence electrons. The second kappa shape index (κ2) is 15.8. The van der Waals surface area contributed by atoms with E-state index in [9.17, 15) is 0 Å². The van der Waals surface area contributed by atoms with Gasteiger partial charge in [0.2, 0.25) is 6.71 Å². The van der Waals surface area contributed by atoms with Gasteiger partial charge in [0.15, 0.2) is 0 Å². The summed E-state index contributed by atoms with van der Waals surface area (Å²) in [6, 6.07) is 58.2. The number of fused-ring (bicyclic) bond motifs is 4. The quantitative estimate of drug-likeness (QED) is 0.130. The predicted molar refractivity (Wildman–Crippen MR) is 236 cm³/mol. The average Bonchev–Trinajstić information content (AvgIpc) is 3.25. The molecule has 0 N–H and O–H groups in total. The number of hydrogen-bond acceptors (Lipinski definition) is 4. The van der Waals surface area contributed by atoms with Crippen molar-refractivity contribution in [2.24, 2.45) is 0 Å². The Morgan fingerprint density at radius 3 is 1.98 bits per heavy atom. The molecule has 0 saturated carbocycles. The molecule has 0 atom stereocenters. The van der Waals surface area contributed by atoms with Crippen LogP contribution >= 0.6 is 0 Å². The summed E-state index contributed by atoms with van der Waals surface area (Å²) in [6.07, 6.45) is 3.84. The molecular formula is C51H41BIrN4-2. The summed E-state index contributed by atoms with van der Waals surface area (Å²) in [7, 11) is 4.34. The Bertz CT molecular complexity index is 2730. The Hall–Kier alpha value is -6.07. The molecule has 57 heavy (non-hydrogen) atoms. The van der Waals surface area contributed by atoms with Crippen molar-refractivity contribution in [1.29, 1.82) is 0 Å². The van der Waals surface area contributed by atoms with E-state index in [1.54, 1.807) is 0 Å². The van der Waals surface area contributed by atoms with E-state index in [0.717, 1.165) is 28.1 Å². The van der Waals surface area contributed by atoms with Crippen molar-refractivity contribution in [2.75, 3.05) is 23.9 Å². The number of rotatable bonds is 4. The molecule has 0 saturated heterocycles. The van der Waals surface area contributed by atoms with Crippen LogP contribution in [0.1, 0.15) is 16.7 Å². The van der Waals surface area contributed by atoms with Crippen molar-refractivity contribution in [3.63, 3.8) is 0 Å². The van der Waals surface area contributed by atoms with Crippen LogP contribution in [0.5, 0.6) is 0 Å². The topological polar surface area (TPSA) is 32.3 Å². The standard InChI is InChI=1S/C31H23BN3.C20H18N.Ir/c1-34-27-15-7-6-13-24(27)32-25-14-8-12-23(31(25)35(2)29-17-9-16-28(34)30(29)32)26-20-22(18-19-33-26)21-10-4-3-5-11-21;1-14-9-10-18(20-11-15(2)16(3)13-21-20)12-19(14)17-7-5-4-6-8-17;/h3-11,13-20H,1-2H3;4-9,11-13H,1-3H3;/q2*-1;. The van der Waals surface area contributed by atoms with Gasteiger partial charge in [-0.2, -0.15) is 0 Å². The van der Waals surface area contributed by atoms with Crippen molar-refractivity contribution in [1.82, 2.24) is 9.97 Å². The van der Waals surface area contributed by atoms with Gasteiger partial charge in [-0.3, -0.25) is 0 Å². The molecule has 0 bridgehead atoms. The zero-order valence-electron chi connectivity index (χ0n) is 32.7. The molecule has 4 heterocycles. The summed E-state index contributed by atoms with van der Waals surface area (Å²) >= 11 is 0. The number of aromatic nitrogens is 2. The zero-order chi connectivity index (χ0) is 38.3. The fraction of sp³-hybridized carbons (Fsp3) is 0.0980. The Labute approximate surface area is 350 Å². The fourth-order valence-electron chi connectivity index (χ4n) is 8.27. The molecule has 2 aliphatic heterocycles. The van der Waals surface area contributed by atoms with Crippen molar-refractivity contribution >= 4 is 45.9 Å². The third-order valence-electron chi connectivity index (χ3n) is 11.3. The number of para-hydroxylation sites is 1. The molecule has 8 aromatic rings. The van der Waals surface area contributed by atoms with Gasteiger partial charge in [0.25, 0.3) is 0 Å². The van der Waals surface area contributed by atoms with E-state index >= 15 is 0 Å². The van der Waals surface area contributed by atoms with E-state index in [0.29, 0.717) is 0 Å². The first-order chi connectivity index (χ1) is 27.4. The monoisotopic (exact) mass is 913 g/mol. The van der Waals surface area contributed by atoms with Crippen molar-refractivity contribution < 1.29 is 20.1 Å². The molecule has 0 unspecified atom stereocenters. The molecule has 2 aromatic heterocycles. The maximum absolute atomic E-state index is 4.81. The van der Waals surface area contributed by atoms with E-state index in [2.05, 4.69) is 195 Å². The van der Waals surface area contributed by atoms with E-state index < -0.39 is 0 Å². The second-order valence-electron chi connectivity index (χ2n) is 14.7. The summed E-state index contributed by atoms with van der Waals surface area (Å²) in [6.45, 7) is 6.49. The molecule has 0 fully saturated rings. The molecule has 0 amide bonds. The van der Waals surface area contributed by atoms with E-state index in [1.165, 1.54) is 72.5 Å². The number of hydrogen-bond donors (Lipinski definition) is 0. The van der Waals surface area contributed by atoms with Crippen LogP contribution in [0.3, 0.4) is 0 Å². The molecular weight excluding hydrogens is 872 g/mol. The van der Waals surface area contributed by atoms with Gasteiger partial charge in [-0.05, 0) is 88.4 Å². The minimum Gasteiger partial charge on any atom is -0.385 e. The molecule has 2 aliphatic rings. The van der Waals surface area contributed by atoms with Gasteiger partial charge in [0.05, 0.1) is 0 Å². The van der Waals surface area contributed by atoms with E-state index in [1.807, 2.05) is 24.5 Å². The van der Waals surface area contributed by atoms with Gasteiger partial charge in [0, 0.05) is 63.7 Å². The number of pyridine rings is 2. The Morgan fingerprint density at radius 1 is 0.544 bits per heavy atom. The maximum atomic E-state index is 4.81. The third kappa shape index (κ3) is 6.90. The molecule has 10 rings (SSSR count). The zero-order valence-corrected chi connectivity index (χ0v) is 35.1. The first kappa shape index (κ1) is 37.8. The molecule has 0 spiro atoms. The molecule has 1 radical (unpaired) electrons. The third-order valence-corrected chi connectivity index (χ3v) is 11.3. The normalized spacial score (nSPS) is 12.1. The van der Waals surface area contributed by atoms with Crippen LogP contribution < -0.4 is 26.2 Å². The SMILES string of the molecule is CN1c2ccccc2B2c3cc[c-]c(-c4cc(-c5ccccc5)ccn4)c3N(C)c3cccc1c32.Cc1cnc(-c2[c-]cc(C)c(-c3ccccc3)c2)cc1C.[Ir]. The molecule has 6 heteroatoms. The number of nitrogens with zero attached hydrogens (tertiary/aromatic N) is 4. The summed E-state index contributed by atoms with van der Waals surface area (Å²) in [5, 5.41) is 0.